The van der Waals surface area contributed by atoms with Crippen LogP contribution in [0.2, 0.25) is 0 Å². The van der Waals surface area contributed by atoms with Crippen molar-refractivity contribution in [2.45, 2.75) is 0 Å². The summed E-state index contributed by atoms with van der Waals surface area (Å²) in [6.07, 6.45) is 1.27. The van der Waals surface area contributed by atoms with Crippen LogP contribution in [0.25, 0.3) is 6.08 Å². The van der Waals surface area contributed by atoms with E-state index in [0.717, 1.165) is 0 Å². The van der Waals surface area contributed by atoms with E-state index in [1.807, 2.05) is 0 Å². The smallest absolute Gasteiger partial charge is 0.269 e. The molecule has 6 heteroatoms. The maximum absolute atomic E-state index is 10.7. The van der Waals surface area contributed by atoms with Crippen molar-refractivity contribution in [3.05, 3.63) is 45.5 Å². The van der Waals surface area contributed by atoms with Crippen LogP contribution in [-0.4, -0.2) is 10.8 Å². The number of carbonyl (C=O) groups excluding carboxylic acids is 1. The number of rotatable bonds is 3. The van der Waals surface area contributed by atoms with Gasteiger partial charge in [-0.15, -0.1) is 0 Å². The van der Waals surface area contributed by atoms with Crippen LogP contribution in [0, 0.1) is 21.4 Å². The molecule has 0 radical (unpaired) electrons. The van der Waals surface area contributed by atoms with E-state index >= 15 is 0 Å². The highest BCUT2D eigenvalue weighted by molar-refractivity contribution is 6.00. The second kappa shape index (κ2) is 4.70. The topological polar surface area (TPSA) is 110 Å². The summed E-state index contributed by atoms with van der Waals surface area (Å²) in [5.41, 5.74) is 5.18. The van der Waals surface area contributed by atoms with Crippen molar-refractivity contribution < 1.29 is 9.72 Å². The van der Waals surface area contributed by atoms with Gasteiger partial charge in [-0.3, -0.25) is 14.9 Å². The molecule has 0 aliphatic carbocycles. The molecule has 1 aromatic rings. The first-order valence-corrected chi connectivity index (χ1v) is 4.20. The van der Waals surface area contributed by atoms with Gasteiger partial charge in [0.1, 0.15) is 11.6 Å². The maximum Gasteiger partial charge on any atom is 0.269 e. The van der Waals surface area contributed by atoms with E-state index in [0.29, 0.717) is 5.56 Å². The molecule has 1 rings (SSSR count). The molecule has 0 unspecified atom stereocenters. The Kier molecular flexibility index (Phi) is 3.35. The minimum Gasteiger partial charge on any atom is -0.365 e. The highest BCUT2D eigenvalue weighted by Gasteiger charge is 2.05. The molecule has 2 N–H and O–H groups in total. The van der Waals surface area contributed by atoms with Crippen molar-refractivity contribution in [2.75, 3.05) is 0 Å². The Bertz CT molecular complexity index is 497. The number of non-ortho nitro benzene ring substituents is 1. The van der Waals surface area contributed by atoms with E-state index in [1.165, 1.54) is 30.3 Å². The van der Waals surface area contributed by atoms with Gasteiger partial charge < -0.3 is 5.73 Å². The summed E-state index contributed by atoms with van der Waals surface area (Å²) in [4.78, 5) is 20.6. The van der Waals surface area contributed by atoms with Gasteiger partial charge in [0.15, 0.2) is 0 Å². The highest BCUT2D eigenvalue weighted by Crippen LogP contribution is 2.14. The molecule has 1 aromatic carbocycles. The number of benzene rings is 1. The zero-order valence-electron chi connectivity index (χ0n) is 8.08. The molecule has 0 atom stereocenters. The number of primary amides is 1. The van der Waals surface area contributed by atoms with Crippen LogP contribution in [0.15, 0.2) is 29.8 Å². The lowest BCUT2D eigenvalue weighted by Crippen LogP contribution is -2.12. The first kappa shape index (κ1) is 11.4. The van der Waals surface area contributed by atoms with Crippen LogP contribution < -0.4 is 5.73 Å². The Hall–Kier alpha value is -2.68. The molecule has 0 heterocycles. The first-order chi connectivity index (χ1) is 7.54. The fourth-order valence-electron chi connectivity index (χ4n) is 1.02. The van der Waals surface area contributed by atoms with Crippen molar-refractivity contribution in [2.24, 2.45) is 5.73 Å². The Morgan fingerprint density at radius 3 is 2.38 bits per heavy atom. The number of nitro groups is 1. The molecule has 16 heavy (non-hydrogen) atoms. The molecule has 0 saturated carbocycles. The molecule has 0 bridgehead atoms. The fourth-order valence-corrected chi connectivity index (χ4v) is 1.02. The number of nitro benzene ring substituents is 1. The van der Waals surface area contributed by atoms with Gasteiger partial charge in [-0.1, -0.05) is 0 Å². The molecular weight excluding hydrogens is 210 g/mol. The number of hydrogen-bond acceptors (Lipinski definition) is 4. The minimum atomic E-state index is -0.833. The molecule has 0 aliphatic heterocycles. The van der Waals surface area contributed by atoms with Gasteiger partial charge in [0.25, 0.3) is 11.6 Å². The summed E-state index contributed by atoms with van der Waals surface area (Å²) in [6, 6.07) is 7.06. The van der Waals surface area contributed by atoms with Gasteiger partial charge in [-0.25, -0.2) is 0 Å². The second-order valence-corrected chi connectivity index (χ2v) is 2.88. The van der Waals surface area contributed by atoms with E-state index in [9.17, 15) is 14.9 Å². The van der Waals surface area contributed by atoms with Gasteiger partial charge in [0.2, 0.25) is 0 Å². The predicted octanol–water partition coefficient (Wildman–Crippen LogP) is 0.987. The van der Waals surface area contributed by atoms with E-state index in [-0.39, 0.29) is 11.3 Å². The van der Waals surface area contributed by atoms with Crippen molar-refractivity contribution in [1.29, 1.82) is 5.26 Å². The maximum atomic E-state index is 10.7. The van der Waals surface area contributed by atoms with Gasteiger partial charge in [0.05, 0.1) is 4.92 Å². The standard InChI is InChI=1S/C10H7N3O3/c11-6-8(10(12)14)5-7-1-3-9(4-2-7)13(15)16/h1-5H,(H2,12,14)/b8-5-. The van der Waals surface area contributed by atoms with Crippen molar-refractivity contribution in [3.63, 3.8) is 0 Å². The van der Waals surface area contributed by atoms with Crippen LogP contribution in [-0.2, 0) is 4.79 Å². The van der Waals surface area contributed by atoms with Crippen LogP contribution in [0.3, 0.4) is 0 Å². The summed E-state index contributed by atoms with van der Waals surface area (Å²) >= 11 is 0. The Morgan fingerprint density at radius 1 is 1.44 bits per heavy atom. The lowest BCUT2D eigenvalue weighted by Gasteiger charge is -1.94. The third kappa shape index (κ3) is 2.65. The van der Waals surface area contributed by atoms with E-state index in [2.05, 4.69) is 0 Å². The van der Waals surface area contributed by atoms with E-state index in [1.54, 1.807) is 6.07 Å². The molecule has 0 spiro atoms. The molecular formula is C10H7N3O3. The lowest BCUT2D eigenvalue weighted by atomic mass is 10.1. The molecule has 1 amide bonds. The third-order valence-electron chi connectivity index (χ3n) is 1.80. The summed E-state index contributed by atoms with van der Waals surface area (Å²) < 4.78 is 0. The Morgan fingerprint density at radius 2 is 2.00 bits per heavy atom. The van der Waals surface area contributed by atoms with E-state index in [4.69, 9.17) is 11.0 Å². The summed E-state index contributed by atoms with van der Waals surface area (Å²) in [6.45, 7) is 0. The van der Waals surface area contributed by atoms with Gasteiger partial charge in [0, 0.05) is 12.1 Å². The van der Waals surface area contributed by atoms with Crippen molar-refractivity contribution in [3.8, 4) is 6.07 Å². The largest absolute Gasteiger partial charge is 0.365 e. The number of carbonyl (C=O) groups is 1. The van der Waals surface area contributed by atoms with Gasteiger partial charge >= 0.3 is 0 Å². The van der Waals surface area contributed by atoms with Gasteiger partial charge in [-0.05, 0) is 23.8 Å². The molecule has 0 aromatic heterocycles. The highest BCUT2D eigenvalue weighted by atomic mass is 16.6. The first-order valence-electron chi connectivity index (χ1n) is 4.20. The Balaban J connectivity index is 3.04. The fraction of sp³-hybridized carbons (Fsp3) is 0. The average molecular weight is 217 g/mol. The molecule has 6 nitrogen and oxygen atoms in total. The summed E-state index contributed by atoms with van der Waals surface area (Å²) in [7, 11) is 0. The number of amides is 1. The number of nitriles is 1. The molecule has 0 aliphatic rings. The van der Waals surface area contributed by atoms with Crippen molar-refractivity contribution in [1.82, 2.24) is 0 Å². The SMILES string of the molecule is N#C/C(=C/c1ccc([N+](=O)[O-])cc1)C(N)=O. The monoisotopic (exact) mass is 217 g/mol. The van der Waals surface area contributed by atoms with E-state index < -0.39 is 10.8 Å². The van der Waals surface area contributed by atoms with Crippen LogP contribution in [0.1, 0.15) is 5.56 Å². The molecule has 0 saturated heterocycles. The zero-order valence-corrected chi connectivity index (χ0v) is 8.08. The normalized spacial score (nSPS) is 10.6. The number of hydrogen-bond donors (Lipinski definition) is 1. The lowest BCUT2D eigenvalue weighted by molar-refractivity contribution is -0.384. The summed E-state index contributed by atoms with van der Waals surface area (Å²) in [5.74, 6) is -0.833. The summed E-state index contributed by atoms with van der Waals surface area (Å²) in [5, 5.41) is 18.9. The molecule has 80 valence electrons. The van der Waals surface area contributed by atoms with Crippen LogP contribution in [0.4, 0.5) is 5.69 Å². The molecule has 0 fully saturated rings. The quantitative estimate of drug-likeness (QED) is 0.352. The minimum absolute atomic E-state index is 0.0604. The van der Waals surface area contributed by atoms with Crippen molar-refractivity contribution >= 4 is 17.7 Å². The third-order valence-corrected chi connectivity index (χ3v) is 1.80. The zero-order chi connectivity index (χ0) is 12.1. The number of nitrogens with zero attached hydrogens (tertiary/aromatic N) is 2. The second-order valence-electron chi connectivity index (χ2n) is 2.88. The van der Waals surface area contributed by atoms with Gasteiger partial charge in [-0.2, -0.15) is 5.26 Å². The number of nitrogens with two attached hydrogens (primary N) is 1. The van der Waals surface area contributed by atoms with Crippen LogP contribution >= 0.6 is 0 Å². The van der Waals surface area contributed by atoms with Crippen LogP contribution in [0.5, 0.6) is 0 Å². The average Bonchev–Trinajstić information content (AvgIpc) is 2.26. The Labute approximate surface area is 90.7 Å². The predicted molar refractivity (Wildman–Crippen MR) is 55.9 cm³/mol.